The quantitative estimate of drug-likeness (QED) is 0.882. The van der Waals surface area contributed by atoms with Gasteiger partial charge in [-0.15, -0.1) is 0 Å². The minimum absolute atomic E-state index is 0.0385. The van der Waals surface area contributed by atoms with Gasteiger partial charge in [0, 0.05) is 26.6 Å². The Bertz CT molecular complexity index is 799. The summed E-state index contributed by atoms with van der Waals surface area (Å²) in [7, 11) is 0. The van der Waals surface area contributed by atoms with E-state index in [0.717, 1.165) is 5.56 Å². The molecule has 2 aromatic carbocycles. The summed E-state index contributed by atoms with van der Waals surface area (Å²) < 4.78 is 13.8. The molecule has 0 aromatic heterocycles. The molecular weight excluding hydrogens is 343 g/mol. The second-order valence-corrected chi connectivity index (χ2v) is 7.05. The van der Waals surface area contributed by atoms with Crippen LogP contribution in [0.25, 0.3) is 0 Å². The lowest BCUT2D eigenvalue weighted by Gasteiger charge is -2.40. The molecule has 142 valence electrons. The number of benzene rings is 2. The molecule has 0 atom stereocenters. The minimum atomic E-state index is -0.650. The molecule has 0 aliphatic carbocycles. The number of halogens is 1. The van der Waals surface area contributed by atoms with Gasteiger partial charge in [0.25, 0.3) is 0 Å². The molecule has 1 saturated heterocycles. The van der Waals surface area contributed by atoms with E-state index in [-0.39, 0.29) is 17.6 Å². The lowest BCUT2D eigenvalue weighted by atomic mass is 9.72. The molecule has 4 nitrogen and oxygen atoms in total. The molecule has 0 saturated carbocycles. The van der Waals surface area contributed by atoms with Crippen molar-refractivity contribution in [2.24, 2.45) is 0 Å². The Morgan fingerprint density at radius 1 is 1.04 bits per heavy atom. The lowest BCUT2D eigenvalue weighted by Crippen LogP contribution is -2.52. The number of nitrogens with zero attached hydrogens (tertiary/aromatic N) is 1. The first kappa shape index (κ1) is 19.1. The fraction of sp³-hybridized carbons (Fsp3) is 0.364. The van der Waals surface area contributed by atoms with Gasteiger partial charge in [0.15, 0.2) is 0 Å². The van der Waals surface area contributed by atoms with Crippen LogP contribution in [0.4, 0.5) is 4.39 Å². The van der Waals surface area contributed by atoms with Crippen molar-refractivity contribution < 1.29 is 14.0 Å². The summed E-state index contributed by atoms with van der Waals surface area (Å²) in [6.45, 7) is 3.06. The van der Waals surface area contributed by atoms with E-state index in [2.05, 4.69) is 5.32 Å². The van der Waals surface area contributed by atoms with Gasteiger partial charge in [0.1, 0.15) is 5.82 Å². The molecule has 2 aromatic rings. The summed E-state index contributed by atoms with van der Waals surface area (Å²) in [5, 5.41) is 3.00. The molecule has 1 aliphatic heterocycles. The van der Waals surface area contributed by atoms with E-state index < -0.39 is 5.41 Å². The third-order valence-electron chi connectivity index (χ3n) is 5.46. The third kappa shape index (κ3) is 4.18. The molecule has 1 fully saturated rings. The average molecular weight is 368 g/mol. The van der Waals surface area contributed by atoms with Crippen LogP contribution in [0.3, 0.4) is 0 Å². The summed E-state index contributed by atoms with van der Waals surface area (Å²) in [5.74, 6) is -0.260. The number of hydrogen-bond donors (Lipinski definition) is 1. The normalized spacial score (nSPS) is 16.0. The Labute approximate surface area is 159 Å². The standard InChI is InChI=1S/C22H25FN2O2/c1-17(26)25-15-12-22(13-16-25,19-8-3-2-4-9-19)21(27)24-14-11-18-7-5-6-10-20(18)23/h2-10H,11-16H2,1H3,(H,24,27). The van der Waals surface area contributed by atoms with Gasteiger partial charge in [-0.25, -0.2) is 4.39 Å². The maximum Gasteiger partial charge on any atom is 0.230 e. The highest BCUT2D eigenvalue weighted by atomic mass is 19.1. The molecule has 0 bridgehead atoms. The van der Waals surface area contributed by atoms with E-state index in [1.165, 1.54) is 6.07 Å². The largest absolute Gasteiger partial charge is 0.355 e. The van der Waals surface area contributed by atoms with Crippen LogP contribution in [0.15, 0.2) is 54.6 Å². The summed E-state index contributed by atoms with van der Waals surface area (Å²) in [6.07, 6.45) is 1.62. The molecule has 0 radical (unpaired) electrons. The van der Waals surface area contributed by atoms with Gasteiger partial charge in [0.2, 0.25) is 11.8 Å². The van der Waals surface area contributed by atoms with Crippen molar-refractivity contribution in [2.75, 3.05) is 19.6 Å². The SMILES string of the molecule is CC(=O)N1CCC(C(=O)NCCc2ccccc2F)(c2ccccc2)CC1. The zero-order valence-electron chi connectivity index (χ0n) is 15.6. The van der Waals surface area contributed by atoms with E-state index >= 15 is 0 Å². The summed E-state index contributed by atoms with van der Waals surface area (Å²) in [6, 6.07) is 16.4. The van der Waals surface area contributed by atoms with Crippen LogP contribution < -0.4 is 5.32 Å². The van der Waals surface area contributed by atoms with Crippen LogP contribution in [0.5, 0.6) is 0 Å². The van der Waals surface area contributed by atoms with Crippen LogP contribution in [-0.4, -0.2) is 36.3 Å². The topological polar surface area (TPSA) is 49.4 Å². The van der Waals surface area contributed by atoms with Gasteiger partial charge in [-0.05, 0) is 36.5 Å². The maximum absolute atomic E-state index is 13.8. The fourth-order valence-electron chi connectivity index (χ4n) is 3.79. The van der Waals surface area contributed by atoms with Gasteiger partial charge in [0.05, 0.1) is 5.41 Å². The minimum Gasteiger partial charge on any atom is -0.355 e. The number of nitrogens with one attached hydrogen (secondary N) is 1. The third-order valence-corrected chi connectivity index (χ3v) is 5.46. The van der Waals surface area contributed by atoms with E-state index in [9.17, 15) is 14.0 Å². The molecular formula is C22H25FN2O2. The van der Waals surface area contributed by atoms with Gasteiger partial charge >= 0.3 is 0 Å². The molecule has 3 rings (SSSR count). The van der Waals surface area contributed by atoms with Crippen LogP contribution in [0.1, 0.15) is 30.9 Å². The Balaban J connectivity index is 1.72. The smallest absolute Gasteiger partial charge is 0.230 e. The highest BCUT2D eigenvalue weighted by Crippen LogP contribution is 2.36. The number of piperidine rings is 1. The summed E-state index contributed by atoms with van der Waals surface area (Å²) in [4.78, 5) is 26.6. The number of carbonyl (C=O) groups excluding carboxylic acids is 2. The fourth-order valence-corrected chi connectivity index (χ4v) is 3.79. The Kier molecular flexibility index (Phi) is 5.89. The first-order chi connectivity index (χ1) is 13.0. The monoisotopic (exact) mass is 368 g/mol. The summed E-state index contributed by atoms with van der Waals surface area (Å²) >= 11 is 0. The first-order valence-electron chi connectivity index (χ1n) is 9.36. The van der Waals surface area contributed by atoms with Crippen molar-refractivity contribution in [3.63, 3.8) is 0 Å². The predicted molar refractivity (Wildman–Crippen MR) is 103 cm³/mol. The van der Waals surface area contributed by atoms with Gasteiger partial charge < -0.3 is 10.2 Å². The van der Waals surface area contributed by atoms with Crippen LogP contribution in [-0.2, 0) is 21.4 Å². The highest BCUT2D eigenvalue weighted by molar-refractivity contribution is 5.88. The van der Waals surface area contributed by atoms with Gasteiger partial charge in [-0.1, -0.05) is 48.5 Å². The van der Waals surface area contributed by atoms with Crippen molar-refractivity contribution in [1.82, 2.24) is 10.2 Å². The van der Waals surface area contributed by atoms with Crippen molar-refractivity contribution >= 4 is 11.8 Å². The van der Waals surface area contributed by atoms with E-state index in [1.807, 2.05) is 30.3 Å². The van der Waals surface area contributed by atoms with Crippen LogP contribution >= 0.6 is 0 Å². The molecule has 27 heavy (non-hydrogen) atoms. The molecule has 1 aliphatic rings. The maximum atomic E-state index is 13.8. The highest BCUT2D eigenvalue weighted by Gasteiger charge is 2.43. The number of amides is 2. The number of rotatable bonds is 5. The number of likely N-dealkylation sites (tertiary alicyclic amines) is 1. The Hall–Kier alpha value is -2.69. The van der Waals surface area contributed by atoms with Gasteiger partial charge in [-0.2, -0.15) is 0 Å². The molecule has 1 heterocycles. The van der Waals surface area contributed by atoms with Crippen molar-refractivity contribution in [3.8, 4) is 0 Å². The molecule has 0 unspecified atom stereocenters. The second-order valence-electron chi connectivity index (χ2n) is 7.05. The zero-order valence-corrected chi connectivity index (χ0v) is 15.6. The number of hydrogen-bond acceptors (Lipinski definition) is 2. The predicted octanol–water partition coefficient (Wildman–Crippen LogP) is 3.06. The van der Waals surface area contributed by atoms with E-state index in [0.29, 0.717) is 44.5 Å². The van der Waals surface area contributed by atoms with Crippen LogP contribution in [0, 0.1) is 5.82 Å². The van der Waals surface area contributed by atoms with Crippen molar-refractivity contribution in [1.29, 1.82) is 0 Å². The first-order valence-corrected chi connectivity index (χ1v) is 9.36. The lowest BCUT2D eigenvalue weighted by molar-refractivity contribution is -0.135. The molecule has 5 heteroatoms. The average Bonchev–Trinajstić information content (AvgIpc) is 2.70. The second kappa shape index (κ2) is 8.33. The number of carbonyl (C=O) groups is 2. The van der Waals surface area contributed by atoms with Crippen molar-refractivity contribution in [2.45, 2.75) is 31.6 Å². The van der Waals surface area contributed by atoms with E-state index in [1.54, 1.807) is 30.0 Å². The molecule has 1 N–H and O–H groups in total. The molecule has 0 spiro atoms. The van der Waals surface area contributed by atoms with Crippen LogP contribution in [0.2, 0.25) is 0 Å². The Morgan fingerprint density at radius 3 is 2.30 bits per heavy atom. The molecule has 2 amide bonds. The zero-order chi connectivity index (χ0) is 19.3. The summed E-state index contributed by atoms with van der Waals surface area (Å²) in [5.41, 5.74) is 0.914. The van der Waals surface area contributed by atoms with Crippen molar-refractivity contribution in [3.05, 3.63) is 71.5 Å². The van der Waals surface area contributed by atoms with E-state index in [4.69, 9.17) is 0 Å². The van der Waals surface area contributed by atoms with Gasteiger partial charge in [-0.3, -0.25) is 9.59 Å². The Morgan fingerprint density at radius 2 is 1.67 bits per heavy atom.